The highest BCUT2D eigenvalue weighted by molar-refractivity contribution is 5.73. The molecular weight excluding hydrogens is 568 g/mol. The molecule has 46 heavy (non-hydrogen) atoms. The molecule has 0 aromatic rings. The number of esters is 2. The van der Waals surface area contributed by atoms with E-state index in [0.717, 1.165) is 31.6 Å². The number of ether oxygens (including phenoxy) is 2. The lowest BCUT2D eigenvalue weighted by molar-refractivity contribution is -0.154. The second-order valence-electron chi connectivity index (χ2n) is 16.6. The van der Waals surface area contributed by atoms with Gasteiger partial charge in [0, 0.05) is 10.8 Å². The van der Waals surface area contributed by atoms with Gasteiger partial charge < -0.3 is 9.47 Å². The molecule has 4 nitrogen and oxygen atoms in total. The molecule has 2 rings (SSSR count). The summed E-state index contributed by atoms with van der Waals surface area (Å²) in [6.45, 7) is 19.5. The molecule has 0 aliphatic heterocycles. The average Bonchev–Trinajstić information content (AvgIpc) is 3.05. The average molecular weight is 649 g/mol. The Hall–Kier alpha value is -1.06. The van der Waals surface area contributed by atoms with E-state index < -0.39 is 0 Å². The standard InChI is InChI=1S/2C21H40O2/c1-5-7-9-10-16-21(4,15-8-6-2)17-23-20(22)19-13-11-18(3)12-14-19;1-5-7-9-10-15-21(4,14-8-6-2)17-23-20(22)19-13-11-12-18(3)16-19/h2*18-19H,5-17H2,1-4H3. The number of carbonyl (C=O) groups excluding carboxylic acids is 2. The molecule has 2 aliphatic carbocycles. The molecule has 0 heterocycles. The highest BCUT2D eigenvalue weighted by Gasteiger charge is 2.31. The van der Waals surface area contributed by atoms with Crippen LogP contribution in [0.4, 0.5) is 0 Å². The second kappa shape index (κ2) is 25.0. The molecule has 4 atom stereocenters. The first-order valence-electron chi connectivity index (χ1n) is 20.3. The van der Waals surface area contributed by atoms with Crippen LogP contribution in [-0.4, -0.2) is 25.2 Å². The van der Waals surface area contributed by atoms with Crippen molar-refractivity contribution >= 4 is 11.9 Å². The van der Waals surface area contributed by atoms with Crippen molar-refractivity contribution in [1.82, 2.24) is 0 Å². The summed E-state index contributed by atoms with van der Waals surface area (Å²) in [6, 6.07) is 0. The third-order valence-electron chi connectivity index (χ3n) is 11.3. The molecule has 0 aromatic carbocycles. The summed E-state index contributed by atoms with van der Waals surface area (Å²) in [5.41, 5.74) is 0.362. The molecule has 2 aliphatic rings. The number of hydrogen-bond donors (Lipinski definition) is 0. The molecule has 4 unspecified atom stereocenters. The molecular formula is C42H80O4. The number of hydrogen-bond acceptors (Lipinski definition) is 4. The second-order valence-corrected chi connectivity index (χ2v) is 16.6. The summed E-state index contributed by atoms with van der Waals surface area (Å²) < 4.78 is 11.6. The van der Waals surface area contributed by atoms with Crippen LogP contribution in [0.5, 0.6) is 0 Å². The lowest BCUT2D eigenvalue weighted by Crippen LogP contribution is -2.30. The first kappa shape index (κ1) is 43.0. The van der Waals surface area contributed by atoms with Crippen LogP contribution in [0.1, 0.15) is 209 Å². The Morgan fingerprint density at radius 1 is 0.522 bits per heavy atom. The largest absolute Gasteiger partial charge is 0.465 e. The minimum absolute atomic E-state index is 0.0767. The fourth-order valence-corrected chi connectivity index (χ4v) is 7.57. The number of unbranched alkanes of at least 4 members (excludes halogenated alkanes) is 8. The minimum atomic E-state index is 0.0767. The van der Waals surface area contributed by atoms with E-state index in [4.69, 9.17) is 9.47 Å². The highest BCUT2D eigenvalue weighted by Crippen LogP contribution is 2.35. The van der Waals surface area contributed by atoms with Crippen LogP contribution in [0.15, 0.2) is 0 Å². The van der Waals surface area contributed by atoms with E-state index in [1.54, 1.807) is 0 Å². The van der Waals surface area contributed by atoms with E-state index in [1.165, 1.54) is 128 Å². The van der Waals surface area contributed by atoms with Gasteiger partial charge in [0.05, 0.1) is 25.0 Å². The van der Waals surface area contributed by atoms with Gasteiger partial charge in [-0.05, 0) is 76.0 Å². The molecule has 272 valence electrons. The Morgan fingerprint density at radius 3 is 1.39 bits per heavy atom. The number of carbonyl (C=O) groups is 2. The van der Waals surface area contributed by atoms with Gasteiger partial charge in [0.1, 0.15) is 0 Å². The molecule has 0 saturated heterocycles. The van der Waals surface area contributed by atoms with Crippen LogP contribution >= 0.6 is 0 Å². The van der Waals surface area contributed by atoms with Crippen molar-refractivity contribution in [3.63, 3.8) is 0 Å². The Labute approximate surface area is 287 Å². The van der Waals surface area contributed by atoms with Crippen LogP contribution in [-0.2, 0) is 19.1 Å². The maximum Gasteiger partial charge on any atom is 0.308 e. The summed E-state index contributed by atoms with van der Waals surface area (Å²) in [7, 11) is 0. The normalized spacial score (nSPS) is 24.2. The molecule has 0 bridgehead atoms. The predicted molar refractivity (Wildman–Crippen MR) is 197 cm³/mol. The van der Waals surface area contributed by atoms with E-state index >= 15 is 0 Å². The highest BCUT2D eigenvalue weighted by atomic mass is 16.5. The van der Waals surface area contributed by atoms with E-state index in [0.29, 0.717) is 19.1 Å². The zero-order chi connectivity index (χ0) is 34.3. The van der Waals surface area contributed by atoms with E-state index in [1.807, 2.05) is 0 Å². The SMILES string of the molecule is CCCCCCC(C)(CCCC)COC(=O)C1CCC(C)CC1.CCCCCCC(C)(CCCC)COC(=O)C1CCCC(C)C1. The van der Waals surface area contributed by atoms with Crippen LogP contribution in [0.25, 0.3) is 0 Å². The number of rotatable bonds is 22. The zero-order valence-electron chi connectivity index (χ0n) is 32.3. The molecule has 0 N–H and O–H groups in total. The third kappa shape index (κ3) is 19.1. The summed E-state index contributed by atoms with van der Waals surface area (Å²) in [5, 5.41) is 0. The molecule has 4 heteroatoms. The van der Waals surface area contributed by atoms with Crippen molar-refractivity contribution in [2.45, 2.75) is 209 Å². The minimum Gasteiger partial charge on any atom is -0.465 e. The first-order chi connectivity index (χ1) is 22.0. The summed E-state index contributed by atoms with van der Waals surface area (Å²) >= 11 is 0. The van der Waals surface area contributed by atoms with Crippen molar-refractivity contribution in [2.75, 3.05) is 13.2 Å². The lowest BCUT2D eigenvalue weighted by atomic mass is 9.80. The third-order valence-corrected chi connectivity index (χ3v) is 11.3. The summed E-state index contributed by atoms with van der Waals surface area (Å²) in [5.74, 6) is 1.95. The van der Waals surface area contributed by atoms with Gasteiger partial charge in [-0.25, -0.2) is 0 Å². The quantitative estimate of drug-likeness (QED) is 0.0866. The van der Waals surface area contributed by atoms with Gasteiger partial charge in [0.25, 0.3) is 0 Å². The maximum atomic E-state index is 12.4. The topological polar surface area (TPSA) is 52.6 Å². The van der Waals surface area contributed by atoms with Gasteiger partial charge >= 0.3 is 11.9 Å². The van der Waals surface area contributed by atoms with Gasteiger partial charge in [0.2, 0.25) is 0 Å². The molecule has 2 saturated carbocycles. The van der Waals surface area contributed by atoms with Crippen LogP contribution in [0.2, 0.25) is 0 Å². The Bertz CT molecular complexity index is 772. The van der Waals surface area contributed by atoms with Gasteiger partial charge in [-0.2, -0.15) is 0 Å². The fraction of sp³-hybridized carbons (Fsp3) is 0.952. The van der Waals surface area contributed by atoms with Crippen molar-refractivity contribution in [3.05, 3.63) is 0 Å². The monoisotopic (exact) mass is 649 g/mol. The Balaban J connectivity index is 0.000000460. The summed E-state index contributed by atoms with van der Waals surface area (Å²) in [4.78, 5) is 24.8. The van der Waals surface area contributed by atoms with Crippen LogP contribution < -0.4 is 0 Å². The van der Waals surface area contributed by atoms with Crippen molar-refractivity contribution in [2.24, 2.45) is 34.5 Å². The van der Waals surface area contributed by atoms with E-state index in [2.05, 4.69) is 55.4 Å². The maximum absolute atomic E-state index is 12.4. The molecule has 0 aromatic heterocycles. The smallest absolute Gasteiger partial charge is 0.308 e. The van der Waals surface area contributed by atoms with Crippen LogP contribution in [0.3, 0.4) is 0 Å². The van der Waals surface area contributed by atoms with Crippen molar-refractivity contribution < 1.29 is 19.1 Å². The van der Waals surface area contributed by atoms with Gasteiger partial charge in [-0.1, -0.05) is 145 Å². The van der Waals surface area contributed by atoms with Crippen molar-refractivity contribution in [3.8, 4) is 0 Å². The van der Waals surface area contributed by atoms with E-state index in [9.17, 15) is 9.59 Å². The molecule has 0 spiro atoms. The van der Waals surface area contributed by atoms with Gasteiger partial charge in [-0.3, -0.25) is 9.59 Å². The predicted octanol–water partition coefficient (Wildman–Crippen LogP) is 13.0. The molecule has 0 amide bonds. The van der Waals surface area contributed by atoms with Crippen molar-refractivity contribution in [1.29, 1.82) is 0 Å². The van der Waals surface area contributed by atoms with Gasteiger partial charge in [0.15, 0.2) is 0 Å². The first-order valence-corrected chi connectivity index (χ1v) is 20.3. The fourth-order valence-electron chi connectivity index (χ4n) is 7.57. The lowest BCUT2D eigenvalue weighted by Gasteiger charge is -2.31. The van der Waals surface area contributed by atoms with E-state index in [-0.39, 0.29) is 34.6 Å². The Kier molecular flexibility index (Phi) is 23.3. The molecule has 2 fully saturated rings. The zero-order valence-corrected chi connectivity index (χ0v) is 32.3. The Morgan fingerprint density at radius 2 is 0.957 bits per heavy atom. The van der Waals surface area contributed by atoms with Gasteiger partial charge in [-0.15, -0.1) is 0 Å². The molecule has 0 radical (unpaired) electrons. The van der Waals surface area contributed by atoms with Crippen LogP contribution in [0, 0.1) is 34.5 Å². The summed E-state index contributed by atoms with van der Waals surface area (Å²) in [6.07, 6.45) is 29.0.